The van der Waals surface area contributed by atoms with Crippen LogP contribution in [0.3, 0.4) is 0 Å². The summed E-state index contributed by atoms with van der Waals surface area (Å²) in [5.74, 6) is 0.969. The highest BCUT2D eigenvalue weighted by molar-refractivity contribution is 7.86. The standard InChI is InChI=1S/C20H31N5O4S/c1-12-8-14(21)6-7-24(12)30(27,28)25-16-4-5-17(25)10-15(9-16)22-20(26)18-11-19(29-23-18)13-2-3-13/h11-17H,2-10,21H2,1H3,(H,22,26)/t12?,14?,15-,16+,17-. The molecule has 10 heteroatoms. The number of nitrogens with one attached hydrogen (secondary N) is 1. The second-order valence-corrected chi connectivity index (χ2v) is 11.3. The fourth-order valence-electron chi connectivity index (χ4n) is 5.50. The molecule has 1 saturated carbocycles. The zero-order chi connectivity index (χ0) is 21.0. The van der Waals surface area contributed by atoms with E-state index in [-0.39, 0.29) is 36.1 Å². The number of aromatic nitrogens is 1. The lowest BCUT2D eigenvalue weighted by molar-refractivity contribution is 0.0896. The van der Waals surface area contributed by atoms with E-state index in [9.17, 15) is 13.2 Å². The Morgan fingerprint density at radius 2 is 1.87 bits per heavy atom. The minimum absolute atomic E-state index is 0.0465. The molecule has 3 N–H and O–H groups in total. The van der Waals surface area contributed by atoms with Crippen molar-refractivity contribution in [3.05, 3.63) is 17.5 Å². The monoisotopic (exact) mass is 437 g/mol. The summed E-state index contributed by atoms with van der Waals surface area (Å²) in [4.78, 5) is 12.6. The van der Waals surface area contributed by atoms with Crippen LogP contribution in [0.2, 0.25) is 0 Å². The Kier molecular flexibility index (Phi) is 5.16. The maximum Gasteiger partial charge on any atom is 0.282 e. The molecular formula is C20H31N5O4S. The predicted molar refractivity (Wildman–Crippen MR) is 110 cm³/mol. The topological polar surface area (TPSA) is 122 Å². The van der Waals surface area contributed by atoms with Crippen molar-refractivity contribution in [2.75, 3.05) is 6.54 Å². The lowest BCUT2D eigenvalue weighted by Crippen LogP contribution is -2.59. The highest BCUT2D eigenvalue weighted by Gasteiger charge is 2.50. The molecule has 30 heavy (non-hydrogen) atoms. The maximum absolute atomic E-state index is 13.4. The molecule has 2 unspecified atom stereocenters. The number of amides is 1. The van der Waals surface area contributed by atoms with E-state index in [1.165, 1.54) is 0 Å². The van der Waals surface area contributed by atoms with E-state index >= 15 is 0 Å². The molecule has 0 radical (unpaired) electrons. The molecular weight excluding hydrogens is 406 g/mol. The van der Waals surface area contributed by atoms with Crippen LogP contribution in [0.5, 0.6) is 0 Å². The van der Waals surface area contributed by atoms with Gasteiger partial charge in [0, 0.05) is 48.7 Å². The summed E-state index contributed by atoms with van der Waals surface area (Å²) >= 11 is 0. The molecule has 4 fully saturated rings. The van der Waals surface area contributed by atoms with Gasteiger partial charge in [0.15, 0.2) is 5.69 Å². The number of hydrogen-bond donors (Lipinski definition) is 2. The number of carbonyl (C=O) groups is 1. The molecule has 3 aliphatic heterocycles. The van der Waals surface area contributed by atoms with Gasteiger partial charge in [-0.1, -0.05) is 5.16 Å². The van der Waals surface area contributed by atoms with Gasteiger partial charge in [-0.15, -0.1) is 0 Å². The lowest BCUT2D eigenvalue weighted by Gasteiger charge is -2.43. The van der Waals surface area contributed by atoms with Crippen LogP contribution in [0.25, 0.3) is 0 Å². The summed E-state index contributed by atoms with van der Waals surface area (Å²) in [6, 6.07) is 1.55. The van der Waals surface area contributed by atoms with Crippen molar-refractivity contribution in [1.82, 2.24) is 19.1 Å². The number of carbonyl (C=O) groups excluding carboxylic acids is 1. The normalized spacial score (nSPS) is 35.5. The predicted octanol–water partition coefficient (Wildman–Crippen LogP) is 1.33. The van der Waals surface area contributed by atoms with Gasteiger partial charge < -0.3 is 15.6 Å². The minimum Gasteiger partial charge on any atom is -0.360 e. The second-order valence-electron chi connectivity index (χ2n) is 9.50. The molecule has 4 aliphatic rings. The molecule has 3 saturated heterocycles. The number of fused-ring (bicyclic) bond motifs is 2. The van der Waals surface area contributed by atoms with Gasteiger partial charge in [0.25, 0.3) is 16.1 Å². The fraction of sp³-hybridized carbons (Fsp3) is 0.800. The van der Waals surface area contributed by atoms with Crippen LogP contribution in [0.15, 0.2) is 10.6 Å². The van der Waals surface area contributed by atoms with Gasteiger partial charge in [-0.05, 0) is 58.3 Å². The van der Waals surface area contributed by atoms with Gasteiger partial charge in [0.2, 0.25) is 0 Å². The molecule has 1 aromatic rings. The second kappa shape index (κ2) is 7.58. The van der Waals surface area contributed by atoms with Crippen molar-refractivity contribution in [2.45, 2.75) is 94.4 Å². The first kappa shape index (κ1) is 20.4. The van der Waals surface area contributed by atoms with E-state index in [0.29, 0.717) is 43.8 Å². The van der Waals surface area contributed by atoms with Crippen LogP contribution < -0.4 is 11.1 Å². The van der Waals surface area contributed by atoms with Crippen LogP contribution in [0.1, 0.15) is 80.5 Å². The first-order chi connectivity index (χ1) is 14.3. The summed E-state index contributed by atoms with van der Waals surface area (Å²) in [5, 5.41) is 6.98. The van der Waals surface area contributed by atoms with E-state index < -0.39 is 10.2 Å². The Hall–Kier alpha value is -1.49. The Balaban J connectivity index is 1.24. The van der Waals surface area contributed by atoms with Crippen LogP contribution in [0.4, 0.5) is 0 Å². The highest BCUT2D eigenvalue weighted by Crippen LogP contribution is 2.41. The summed E-state index contributed by atoms with van der Waals surface area (Å²) in [6.07, 6.45) is 6.53. The fourth-order valence-corrected chi connectivity index (χ4v) is 7.75. The van der Waals surface area contributed by atoms with Crippen molar-refractivity contribution in [3.8, 4) is 0 Å². The van der Waals surface area contributed by atoms with Gasteiger partial charge in [0.1, 0.15) is 5.76 Å². The van der Waals surface area contributed by atoms with E-state index in [1.807, 2.05) is 6.92 Å². The van der Waals surface area contributed by atoms with E-state index in [2.05, 4.69) is 10.5 Å². The van der Waals surface area contributed by atoms with Crippen molar-refractivity contribution in [1.29, 1.82) is 0 Å². The maximum atomic E-state index is 13.4. The third kappa shape index (κ3) is 3.68. The summed E-state index contributed by atoms with van der Waals surface area (Å²) < 4.78 is 35.5. The van der Waals surface area contributed by atoms with E-state index in [0.717, 1.165) is 31.4 Å². The van der Waals surface area contributed by atoms with Gasteiger partial charge in [0.05, 0.1) is 0 Å². The average Bonchev–Trinajstić information content (AvgIpc) is 3.33. The Morgan fingerprint density at radius 1 is 1.17 bits per heavy atom. The molecule has 1 aromatic heterocycles. The third-order valence-corrected chi connectivity index (χ3v) is 9.42. The number of piperidine rings is 2. The Bertz CT molecular complexity index is 900. The lowest BCUT2D eigenvalue weighted by atomic mass is 9.99. The molecule has 166 valence electrons. The highest BCUT2D eigenvalue weighted by atomic mass is 32.2. The minimum atomic E-state index is -3.53. The number of rotatable bonds is 5. The smallest absolute Gasteiger partial charge is 0.282 e. The van der Waals surface area contributed by atoms with Crippen LogP contribution in [-0.4, -0.2) is 64.8 Å². The number of nitrogens with two attached hydrogens (primary N) is 1. The van der Waals surface area contributed by atoms with Crippen molar-refractivity contribution >= 4 is 16.1 Å². The molecule has 1 amide bonds. The third-order valence-electron chi connectivity index (χ3n) is 7.16. The molecule has 0 spiro atoms. The molecule has 0 aromatic carbocycles. The summed E-state index contributed by atoms with van der Waals surface area (Å²) in [7, 11) is -3.53. The van der Waals surface area contributed by atoms with Gasteiger partial charge in [-0.3, -0.25) is 4.79 Å². The van der Waals surface area contributed by atoms with E-state index in [4.69, 9.17) is 10.3 Å². The van der Waals surface area contributed by atoms with Crippen LogP contribution in [0, 0.1) is 0 Å². The quantitative estimate of drug-likeness (QED) is 0.717. The van der Waals surface area contributed by atoms with E-state index in [1.54, 1.807) is 14.7 Å². The Morgan fingerprint density at radius 3 is 2.50 bits per heavy atom. The molecule has 5 rings (SSSR count). The zero-order valence-electron chi connectivity index (χ0n) is 17.4. The average molecular weight is 438 g/mol. The van der Waals surface area contributed by atoms with Gasteiger partial charge >= 0.3 is 0 Å². The largest absolute Gasteiger partial charge is 0.360 e. The number of nitrogens with zero attached hydrogens (tertiary/aromatic N) is 3. The van der Waals surface area contributed by atoms with Gasteiger partial charge in [-0.25, -0.2) is 0 Å². The first-order valence-corrected chi connectivity index (χ1v) is 12.6. The zero-order valence-corrected chi connectivity index (χ0v) is 18.2. The Labute approximate surface area is 177 Å². The van der Waals surface area contributed by atoms with Gasteiger partial charge in [-0.2, -0.15) is 17.0 Å². The molecule has 4 heterocycles. The summed E-state index contributed by atoms with van der Waals surface area (Å²) in [5.41, 5.74) is 6.34. The molecule has 5 atom stereocenters. The first-order valence-electron chi connectivity index (χ1n) is 11.2. The SMILES string of the molecule is CC1CC(N)CCN1S(=O)(=O)N1[C@@H]2CC[C@H]1C[C@@H](NC(=O)c1cc(C3CC3)on1)C2. The van der Waals surface area contributed by atoms with Crippen LogP contribution in [-0.2, 0) is 10.2 Å². The number of hydrogen-bond acceptors (Lipinski definition) is 6. The molecule has 2 bridgehead atoms. The van der Waals surface area contributed by atoms with Crippen molar-refractivity contribution in [3.63, 3.8) is 0 Å². The molecule has 1 aliphatic carbocycles. The van der Waals surface area contributed by atoms with Crippen LogP contribution >= 0.6 is 0 Å². The van der Waals surface area contributed by atoms with Crippen molar-refractivity contribution in [2.24, 2.45) is 5.73 Å². The summed E-state index contributed by atoms with van der Waals surface area (Å²) in [6.45, 7) is 2.43. The van der Waals surface area contributed by atoms with Crippen molar-refractivity contribution < 1.29 is 17.7 Å². The molecule has 9 nitrogen and oxygen atoms in total.